The van der Waals surface area contributed by atoms with Crippen LogP contribution in [0.15, 0.2) is 36.7 Å². The van der Waals surface area contributed by atoms with Crippen LogP contribution in [-0.4, -0.2) is 21.6 Å². The van der Waals surface area contributed by atoms with Gasteiger partial charge in [-0.2, -0.15) is 0 Å². The van der Waals surface area contributed by atoms with Crippen molar-refractivity contribution in [1.29, 1.82) is 0 Å². The number of hydrogen-bond donors (Lipinski definition) is 2. The maximum atomic E-state index is 14.9. The number of benzene rings is 1. The van der Waals surface area contributed by atoms with Crippen LogP contribution in [0, 0.1) is 11.7 Å². The Labute approximate surface area is 167 Å². The first-order valence-corrected chi connectivity index (χ1v) is 9.96. The number of amides is 1. The van der Waals surface area contributed by atoms with Crippen molar-refractivity contribution in [3.63, 3.8) is 0 Å². The zero-order valence-corrected chi connectivity index (χ0v) is 16.3. The molecule has 2 heterocycles. The lowest BCUT2D eigenvalue weighted by molar-refractivity contribution is -0.121. The van der Waals surface area contributed by atoms with E-state index in [-0.39, 0.29) is 17.5 Å². The number of nitrogens with two attached hydrogens (primary N) is 1. The second kappa shape index (κ2) is 7.81. The predicted octanol–water partition coefficient (Wildman–Crippen LogP) is 4.91. The molecule has 0 saturated heterocycles. The maximum Gasteiger partial charge on any atom is 0.228 e. The quantitative estimate of drug-likeness (QED) is 0.613. The number of anilines is 2. The van der Waals surface area contributed by atoms with Crippen molar-refractivity contribution in [2.75, 3.05) is 11.1 Å². The van der Waals surface area contributed by atoms with E-state index < -0.39 is 12.0 Å². The number of carbonyl (C=O) groups is 1. The van der Waals surface area contributed by atoms with Crippen LogP contribution >= 0.6 is 0 Å². The van der Waals surface area contributed by atoms with E-state index in [1.807, 2.05) is 29.8 Å². The highest BCUT2D eigenvalue weighted by Gasteiger charge is 2.26. The van der Waals surface area contributed by atoms with Gasteiger partial charge in [0.05, 0.1) is 11.4 Å². The van der Waals surface area contributed by atoms with Gasteiger partial charge in [-0.1, -0.05) is 0 Å². The van der Waals surface area contributed by atoms with Gasteiger partial charge in [-0.15, -0.1) is 0 Å². The lowest BCUT2D eigenvalue weighted by Gasteiger charge is -2.23. The minimum absolute atomic E-state index is 0.0352. The Morgan fingerprint density at radius 3 is 2.79 bits per heavy atom. The van der Waals surface area contributed by atoms with Crippen LogP contribution in [0.1, 0.15) is 32.6 Å². The third-order valence-electron chi connectivity index (χ3n) is 5.72. The summed E-state index contributed by atoms with van der Waals surface area (Å²) in [6, 6.07) is 7.14. The van der Waals surface area contributed by atoms with Gasteiger partial charge in [0.15, 0.2) is 5.82 Å². The first-order valence-electron chi connectivity index (χ1n) is 9.96. The molecule has 0 spiro atoms. The van der Waals surface area contributed by atoms with Gasteiger partial charge >= 0.3 is 0 Å². The Balaban J connectivity index is 1.66. The molecule has 2 aromatic heterocycles. The van der Waals surface area contributed by atoms with Gasteiger partial charge in [-0.3, -0.25) is 4.79 Å². The standard InChI is InChI=1S/C22H24F2N4O/c1-2-28-9-3-4-18(28)16-10-14-11-19(26-12-17(14)21(25)20(16)24)27-22(29)13-5-7-15(23)8-6-13/h3-4,9-13,15H,2,5-8,25H2,1H3,(H,26,27,29). The monoisotopic (exact) mass is 398 g/mol. The number of nitrogens with one attached hydrogen (secondary N) is 1. The van der Waals surface area contributed by atoms with E-state index in [4.69, 9.17) is 5.73 Å². The molecule has 0 bridgehead atoms. The fourth-order valence-electron chi connectivity index (χ4n) is 4.03. The molecule has 3 N–H and O–H groups in total. The smallest absolute Gasteiger partial charge is 0.228 e. The van der Waals surface area contributed by atoms with Crippen LogP contribution in [0.25, 0.3) is 22.0 Å². The number of rotatable bonds is 4. The molecule has 5 nitrogen and oxygen atoms in total. The van der Waals surface area contributed by atoms with Gasteiger partial charge in [0.2, 0.25) is 5.91 Å². The molecular weight excluding hydrogens is 374 g/mol. The maximum absolute atomic E-state index is 14.9. The van der Waals surface area contributed by atoms with Crippen LogP contribution in [0.5, 0.6) is 0 Å². The number of hydrogen-bond acceptors (Lipinski definition) is 3. The molecule has 3 aromatic rings. The van der Waals surface area contributed by atoms with Crippen molar-refractivity contribution in [2.45, 2.75) is 45.3 Å². The molecule has 1 fully saturated rings. The van der Waals surface area contributed by atoms with Gasteiger partial charge in [0.25, 0.3) is 0 Å². The van der Waals surface area contributed by atoms with E-state index in [0.717, 1.165) is 5.69 Å². The molecule has 0 unspecified atom stereocenters. The zero-order chi connectivity index (χ0) is 20.5. The number of fused-ring (bicyclic) bond motifs is 1. The van der Waals surface area contributed by atoms with Gasteiger partial charge in [-0.25, -0.2) is 13.8 Å². The van der Waals surface area contributed by atoms with Crippen molar-refractivity contribution >= 4 is 28.2 Å². The summed E-state index contributed by atoms with van der Waals surface area (Å²) in [6.45, 7) is 2.69. The number of aromatic nitrogens is 2. The largest absolute Gasteiger partial charge is 0.396 e. The van der Waals surface area contributed by atoms with Crippen molar-refractivity contribution in [2.24, 2.45) is 5.92 Å². The number of nitrogen functional groups attached to an aromatic ring is 1. The molecule has 29 heavy (non-hydrogen) atoms. The fraction of sp³-hybridized carbons (Fsp3) is 0.364. The summed E-state index contributed by atoms with van der Waals surface area (Å²) >= 11 is 0. The molecule has 4 rings (SSSR count). The van der Waals surface area contributed by atoms with E-state index in [2.05, 4.69) is 10.3 Å². The molecule has 1 aliphatic rings. The lowest BCUT2D eigenvalue weighted by Crippen LogP contribution is -2.27. The number of nitrogens with zero attached hydrogens (tertiary/aromatic N) is 2. The summed E-state index contributed by atoms with van der Waals surface area (Å²) in [5, 5.41) is 4.01. The Morgan fingerprint density at radius 2 is 2.07 bits per heavy atom. The highest BCUT2D eigenvalue weighted by molar-refractivity contribution is 5.99. The van der Waals surface area contributed by atoms with Crippen molar-refractivity contribution in [3.8, 4) is 11.3 Å². The average molecular weight is 398 g/mol. The molecule has 1 saturated carbocycles. The van der Waals surface area contributed by atoms with Crippen molar-refractivity contribution in [1.82, 2.24) is 9.55 Å². The molecular formula is C22H24F2N4O. The SMILES string of the molecule is CCn1cccc1-c1cc2cc(NC(=O)C3CCC(F)CC3)ncc2c(N)c1F. The van der Waals surface area contributed by atoms with E-state index in [1.54, 1.807) is 12.1 Å². The van der Waals surface area contributed by atoms with Crippen LogP contribution in [-0.2, 0) is 11.3 Å². The second-order valence-corrected chi connectivity index (χ2v) is 7.56. The van der Waals surface area contributed by atoms with Gasteiger partial charge in [0, 0.05) is 35.8 Å². The van der Waals surface area contributed by atoms with Crippen LogP contribution in [0.2, 0.25) is 0 Å². The third-order valence-corrected chi connectivity index (χ3v) is 5.72. The van der Waals surface area contributed by atoms with Crippen LogP contribution in [0.4, 0.5) is 20.3 Å². The molecule has 1 aromatic carbocycles. The average Bonchev–Trinajstić information content (AvgIpc) is 3.19. The molecule has 152 valence electrons. The van der Waals surface area contributed by atoms with Crippen LogP contribution in [0.3, 0.4) is 0 Å². The van der Waals surface area contributed by atoms with E-state index in [1.165, 1.54) is 6.20 Å². The number of aryl methyl sites for hydroxylation is 1. The summed E-state index contributed by atoms with van der Waals surface area (Å²) in [5.41, 5.74) is 7.23. The number of carbonyl (C=O) groups excluding carboxylic acids is 1. The predicted molar refractivity (Wildman–Crippen MR) is 111 cm³/mol. The van der Waals surface area contributed by atoms with E-state index >= 15 is 0 Å². The summed E-state index contributed by atoms with van der Waals surface area (Å²) < 4.78 is 30.2. The first-order chi connectivity index (χ1) is 14.0. The zero-order valence-electron chi connectivity index (χ0n) is 16.3. The summed E-state index contributed by atoms with van der Waals surface area (Å²) in [6.07, 6.45) is 4.47. The molecule has 1 amide bonds. The lowest BCUT2D eigenvalue weighted by atomic mass is 9.87. The van der Waals surface area contributed by atoms with Crippen molar-refractivity contribution < 1.29 is 13.6 Å². The number of halogens is 2. The summed E-state index contributed by atoms with van der Waals surface area (Å²) in [4.78, 5) is 16.7. The third kappa shape index (κ3) is 3.69. The molecule has 0 atom stereocenters. The minimum atomic E-state index is -0.809. The van der Waals surface area contributed by atoms with Crippen molar-refractivity contribution in [3.05, 3.63) is 42.5 Å². The van der Waals surface area contributed by atoms with Gasteiger partial charge < -0.3 is 15.6 Å². The minimum Gasteiger partial charge on any atom is -0.396 e. The molecule has 1 aliphatic carbocycles. The first kappa shape index (κ1) is 19.4. The second-order valence-electron chi connectivity index (χ2n) is 7.56. The molecule has 0 aliphatic heterocycles. The Bertz CT molecular complexity index is 1050. The molecule has 0 radical (unpaired) electrons. The summed E-state index contributed by atoms with van der Waals surface area (Å²) in [5.74, 6) is -0.458. The summed E-state index contributed by atoms with van der Waals surface area (Å²) in [7, 11) is 0. The van der Waals surface area contributed by atoms with E-state index in [0.29, 0.717) is 54.4 Å². The Hall–Kier alpha value is -2.96. The van der Waals surface area contributed by atoms with E-state index in [9.17, 15) is 13.6 Å². The molecule has 7 heteroatoms. The number of alkyl halides is 1. The fourth-order valence-corrected chi connectivity index (χ4v) is 4.03. The van der Waals surface area contributed by atoms with Gasteiger partial charge in [-0.05, 0) is 62.3 Å². The normalized spacial score (nSPS) is 19.4. The number of pyridine rings is 1. The van der Waals surface area contributed by atoms with Gasteiger partial charge in [0.1, 0.15) is 12.0 Å². The highest BCUT2D eigenvalue weighted by atomic mass is 19.1. The Morgan fingerprint density at radius 1 is 1.31 bits per heavy atom. The van der Waals surface area contributed by atoms with Crippen LogP contribution < -0.4 is 11.1 Å². The topological polar surface area (TPSA) is 72.9 Å². The Kier molecular flexibility index (Phi) is 5.22. The highest BCUT2D eigenvalue weighted by Crippen LogP contribution is 2.34.